The molecule has 11 aromatic rings. The van der Waals surface area contributed by atoms with Crippen molar-refractivity contribution in [3.63, 3.8) is 0 Å². The second-order valence-electron chi connectivity index (χ2n) is 19.3. The van der Waals surface area contributed by atoms with Gasteiger partial charge >= 0.3 is 0 Å². The van der Waals surface area contributed by atoms with E-state index in [9.17, 15) is 0 Å². The molecule has 0 amide bonds. The number of fused-ring (bicyclic) bond motifs is 11. The van der Waals surface area contributed by atoms with Crippen molar-refractivity contribution >= 4 is 54.0 Å². The molecule has 0 aliphatic heterocycles. The molecule has 1 nitrogen and oxygen atoms in total. The van der Waals surface area contributed by atoms with Crippen molar-refractivity contribution in [2.45, 2.75) is 52.4 Å². The minimum atomic E-state index is -0.111. The van der Waals surface area contributed by atoms with Crippen molar-refractivity contribution in [3.05, 3.63) is 209 Å². The average molecular weight is 806 g/mol. The molecule has 2 aliphatic rings. The Hall–Kier alpha value is -7.22. The Morgan fingerprint density at radius 2 is 0.825 bits per heavy atom. The van der Waals surface area contributed by atoms with Crippen LogP contribution in [0.4, 0.5) is 0 Å². The van der Waals surface area contributed by atoms with Crippen molar-refractivity contribution in [1.29, 1.82) is 0 Å². The molecule has 0 saturated carbocycles. The summed E-state index contributed by atoms with van der Waals surface area (Å²) in [4.78, 5) is 0. The van der Waals surface area contributed by atoms with Gasteiger partial charge in [-0.05, 0) is 178 Å². The lowest BCUT2D eigenvalue weighted by Gasteiger charge is -2.24. The number of aromatic nitrogens is 1. The predicted molar refractivity (Wildman–Crippen MR) is 269 cm³/mol. The first-order chi connectivity index (χ1) is 30.6. The first kappa shape index (κ1) is 36.4. The summed E-state index contributed by atoms with van der Waals surface area (Å²) < 4.78 is 2.51. The van der Waals surface area contributed by atoms with Gasteiger partial charge in [-0.3, -0.25) is 0 Å². The zero-order valence-corrected chi connectivity index (χ0v) is 36.7. The van der Waals surface area contributed by atoms with Crippen LogP contribution in [0.2, 0.25) is 0 Å². The van der Waals surface area contributed by atoms with Crippen LogP contribution in [0.15, 0.2) is 176 Å². The molecule has 0 N–H and O–H groups in total. The third kappa shape index (κ3) is 4.94. The largest absolute Gasteiger partial charge is 0.314 e. The molecule has 13 rings (SSSR count). The van der Waals surface area contributed by atoms with Crippen molar-refractivity contribution in [1.82, 2.24) is 4.57 Å². The van der Waals surface area contributed by atoms with Gasteiger partial charge in [-0.15, -0.1) is 0 Å². The first-order valence-corrected chi connectivity index (χ1v) is 22.5. The zero-order valence-electron chi connectivity index (χ0n) is 36.7. The van der Waals surface area contributed by atoms with Crippen LogP contribution in [-0.2, 0) is 10.8 Å². The van der Waals surface area contributed by atoms with Gasteiger partial charge in [0.05, 0.1) is 5.52 Å². The molecule has 0 saturated heterocycles. The molecular formula is C62H47N. The molecule has 0 bridgehead atoms. The van der Waals surface area contributed by atoms with Crippen LogP contribution in [0.3, 0.4) is 0 Å². The fourth-order valence-corrected chi connectivity index (χ4v) is 12.0. The quantitative estimate of drug-likeness (QED) is 0.157. The maximum Gasteiger partial charge on any atom is 0.0540 e. The Labute approximate surface area is 368 Å². The number of hydrogen-bond donors (Lipinski definition) is 0. The second kappa shape index (κ2) is 12.7. The van der Waals surface area contributed by atoms with Gasteiger partial charge in [0.25, 0.3) is 0 Å². The molecule has 0 unspecified atom stereocenters. The molecule has 1 heteroatoms. The minimum Gasteiger partial charge on any atom is -0.314 e. The van der Waals surface area contributed by atoms with Crippen LogP contribution < -0.4 is 0 Å². The number of aryl methyl sites for hydroxylation is 1. The lowest BCUT2D eigenvalue weighted by atomic mass is 9.79. The van der Waals surface area contributed by atoms with Gasteiger partial charge in [-0.2, -0.15) is 0 Å². The Balaban J connectivity index is 1.13. The summed E-state index contributed by atoms with van der Waals surface area (Å²) in [6.45, 7) is 14.2. The van der Waals surface area contributed by atoms with Crippen LogP contribution in [0.25, 0.3) is 104 Å². The summed E-state index contributed by atoms with van der Waals surface area (Å²) in [7, 11) is 0. The number of hydrogen-bond acceptors (Lipinski definition) is 0. The van der Waals surface area contributed by atoms with Gasteiger partial charge in [-0.1, -0.05) is 155 Å². The minimum absolute atomic E-state index is 0.105. The molecule has 0 fully saturated rings. The van der Waals surface area contributed by atoms with Gasteiger partial charge in [-0.25, -0.2) is 0 Å². The third-order valence-electron chi connectivity index (χ3n) is 15.4. The second-order valence-corrected chi connectivity index (χ2v) is 19.3. The Morgan fingerprint density at radius 1 is 0.349 bits per heavy atom. The normalized spacial score (nSPS) is 14.4. The first-order valence-electron chi connectivity index (χ1n) is 22.5. The molecule has 0 radical (unpaired) electrons. The van der Waals surface area contributed by atoms with Crippen LogP contribution in [0.1, 0.15) is 61.2 Å². The molecule has 63 heavy (non-hydrogen) atoms. The highest BCUT2D eigenvalue weighted by Gasteiger charge is 2.37. The van der Waals surface area contributed by atoms with Gasteiger partial charge in [0.15, 0.2) is 0 Å². The van der Waals surface area contributed by atoms with E-state index in [0.29, 0.717) is 0 Å². The Bertz CT molecular complexity index is 3810. The van der Waals surface area contributed by atoms with E-state index in [-0.39, 0.29) is 10.8 Å². The van der Waals surface area contributed by atoms with Crippen LogP contribution in [0, 0.1) is 13.8 Å². The maximum atomic E-state index is 2.53. The maximum absolute atomic E-state index is 2.53. The van der Waals surface area contributed by atoms with Crippen LogP contribution >= 0.6 is 0 Å². The monoisotopic (exact) mass is 805 g/mol. The summed E-state index contributed by atoms with van der Waals surface area (Å²) in [6, 6.07) is 67.1. The lowest BCUT2D eigenvalue weighted by Crippen LogP contribution is -2.15. The van der Waals surface area contributed by atoms with Gasteiger partial charge in [0.2, 0.25) is 0 Å². The Kier molecular flexibility index (Phi) is 7.33. The summed E-state index contributed by atoms with van der Waals surface area (Å²) >= 11 is 0. The van der Waals surface area contributed by atoms with Crippen LogP contribution in [0.5, 0.6) is 0 Å². The highest BCUT2D eigenvalue weighted by molar-refractivity contribution is 6.24. The van der Waals surface area contributed by atoms with Crippen LogP contribution in [-0.4, -0.2) is 4.57 Å². The standard InChI is InChI=1S/C62H47N/c1-36-37(2)63(44-26-23-40-29-38-15-7-8-16-39(38)30-43(40)31-44)58-35-53-52(34-51(36)58)59(41-24-27-47-45-17-11-13-21-54(45)61(3,4)56(47)32-41)49-19-9-10-20-50(49)60(53)42-25-28-48-46-18-12-14-22-55(46)62(5,6)57(48)33-42/h7-35H,1-6H3. The van der Waals surface area contributed by atoms with E-state index < -0.39 is 0 Å². The van der Waals surface area contributed by atoms with Crippen molar-refractivity contribution in [3.8, 4) is 50.2 Å². The fraction of sp³-hybridized carbons (Fsp3) is 0.129. The van der Waals surface area contributed by atoms with E-state index in [4.69, 9.17) is 0 Å². The smallest absolute Gasteiger partial charge is 0.0540 e. The highest BCUT2D eigenvalue weighted by atomic mass is 15.0. The summed E-state index contributed by atoms with van der Waals surface area (Å²) in [6.07, 6.45) is 0. The van der Waals surface area contributed by atoms with Gasteiger partial charge in [0.1, 0.15) is 0 Å². The SMILES string of the molecule is Cc1c(C)n(-c2ccc3cc4ccccc4cc3c2)c2cc3c(-c4ccc5c(c4)C(C)(C)c4ccccc4-5)c4ccccc4c(-c4ccc5c(c4)C(C)(C)c4ccccc4-5)c3cc12. The van der Waals surface area contributed by atoms with Gasteiger partial charge < -0.3 is 4.57 Å². The molecule has 300 valence electrons. The van der Waals surface area contributed by atoms with E-state index in [1.54, 1.807) is 0 Å². The summed E-state index contributed by atoms with van der Waals surface area (Å²) in [5.74, 6) is 0. The molecule has 1 aromatic heterocycles. The molecule has 1 heterocycles. The fourth-order valence-electron chi connectivity index (χ4n) is 12.0. The lowest BCUT2D eigenvalue weighted by molar-refractivity contribution is 0.660. The number of nitrogens with zero attached hydrogens (tertiary/aromatic N) is 1. The molecule has 0 spiro atoms. The molecule has 10 aromatic carbocycles. The zero-order chi connectivity index (χ0) is 42.5. The predicted octanol–water partition coefficient (Wildman–Crippen LogP) is 16.8. The van der Waals surface area contributed by atoms with E-state index in [2.05, 4.69) is 222 Å². The van der Waals surface area contributed by atoms with Crippen molar-refractivity contribution in [2.75, 3.05) is 0 Å². The van der Waals surface area contributed by atoms with E-state index in [1.807, 2.05) is 0 Å². The topological polar surface area (TPSA) is 4.93 Å². The van der Waals surface area contributed by atoms with Crippen molar-refractivity contribution < 1.29 is 0 Å². The van der Waals surface area contributed by atoms with E-state index in [1.165, 1.54) is 138 Å². The van der Waals surface area contributed by atoms with E-state index >= 15 is 0 Å². The highest BCUT2D eigenvalue weighted by Crippen LogP contribution is 2.54. The molecular weight excluding hydrogens is 759 g/mol. The summed E-state index contributed by atoms with van der Waals surface area (Å²) in [5.41, 5.74) is 20.9. The average Bonchev–Trinajstić information content (AvgIpc) is 3.79. The Morgan fingerprint density at radius 3 is 1.41 bits per heavy atom. The molecule has 0 atom stereocenters. The summed E-state index contributed by atoms with van der Waals surface area (Å²) in [5, 5.41) is 11.5. The number of rotatable bonds is 3. The van der Waals surface area contributed by atoms with Crippen molar-refractivity contribution in [2.24, 2.45) is 0 Å². The third-order valence-corrected chi connectivity index (χ3v) is 15.4. The van der Waals surface area contributed by atoms with Gasteiger partial charge in [0, 0.05) is 27.6 Å². The van der Waals surface area contributed by atoms with E-state index in [0.717, 1.165) is 0 Å². The number of benzene rings is 10. The molecule has 2 aliphatic carbocycles.